The van der Waals surface area contributed by atoms with Crippen LogP contribution in [-0.4, -0.2) is 18.4 Å². The van der Waals surface area contributed by atoms with Crippen LogP contribution in [0.1, 0.15) is 37.7 Å². The number of benzene rings is 1. The normalized spacial score (nSPS) is 15.2. The molecule has 2 N–H and O–H groups in total. The van der Waals surface area contributed by atoms with Gasteiger partial charge < -0.3 is 4.74 Å². The van der Waals surface area contributed by atoms with Crippen molar-refractivity contribution in [3.8, 4) is 5.75 Å². The summed E-state index contributed by atoms with van der Waals surface area (Å²) in [5.41, 5.74) is 5.74. The van der Waals surface area contributed by atoms with Gasteiger partial charge in [-0.15, -0.1) is 0 Å². The first kappa shape index (κ1) is 16.6. The molecule has 0 radical (unpaired) electrons. The van der Waals surface area contributed by atoms with E-state index in [1.165, 1.54) is 6.42 Å². The summed E-state index contributed by atoms with van der Waals surface area (Å²) in [7, 11) is 0. The summed E-state index contributed by atoms with van der Waals surface area (Å²) in [6.45, 7) is 1.70. The van der Waals surface area contributed by atoms with Crippen molar-refractivity contribution in [2.45, 2.75) is 39.0 Å². The van der Waals surface area contributed by atoms with Crippen LogP contribution in [0.25, 0.3) is 0 Å². The van der Waals surface area contributed by atoms with Crippen LogP contribution in [0.4, 0.5) is 0 Å². The van der Waals surface area contributed by atoms with Gasteiger partial charge in [0.05, 0.1) is 0 Å². The van der Waals surface area contributed by atoms with Gasteiger partial charge in [0.15, 0.2) is 6.61 Å². The summed E-state index contributed by atoms with van der Waals surface area (Å²) >= 11 is 5.92. The number of halogens is 1. The van der Waals surface area contributed by atoms with Crippen LogP contribution in [0.3, 0.4) is 0 Å². The molecule has 0 atom stereocenters. The molecule has 0 bridgehead atoms. The molecule has 0 saturated heterocycles. The second-order valence-corrected chi connectivity index (χ2v) is 5.98. The number of rotatable bonds is 4. The molecule has 5 nitrogen and oxygen atoms in total. The van der Waals surface area contributed by atoms with Crippen LogP contribution >= 0.6 is 11.6 Å². The van der Waals surface area contributed by atoms with Crippen LogP contribution in [0.15, 0.2) is 18.2 Å². The highest BCUT2D eigenvalue weighted by molar-refractivity contribution is 6.31. The molecule has 120 valence electrons. The molecular weight excluding hydrogens is 304 g/mol. The first-order valence-electron chi connectivity index (χ1n) is 7.54. The molecule has 1 fully saturated rings. The van der Waals surface area contributed by atoms with Crippen LogP contribution in [0.2, 0.25) is 5.02 Å². The fraction of sp³-hybridized carbons (Fsp3) is 0.500. The third kappa shape index (κ3) is 4.91. The fourth-order valence-electron chi connectivity index (χ4n) is 2.49. The second-order valence-electron chi connectivity index (χ2n) is 5.57. The Balaban J connectivity index is 1.71. The van der Waals surface area contributed by atoms with Gasteiger partial charge in [-0.3, -0.25) is 20.4 Å². The van der Waals surface area contributed by atoms with E-state index >= 15 is 0 Å². The lowest BCUT2D eigenvalue weighted by atomic mass is 9.89. The fourth-order valence-corrected chi connectivity index (χ4v) is 2.61. The number of amides is 2. The molecule has 1 saturated carbocycles. The van der Waals surface area contributed by atoms with Crippen molar-refractivity contribution >= 4 is 23.4 Å². The van der Waals surface area contributed by atoms with Crippen LogP contribution in [0.5, 0.6) is 5.75 Å². The van der Waals surface area contributed by atoms with Gasteiger partial charge in [0.1, 0.15) is 5.75 Å². The predicted octanol–water partition coefficient (Wildman–Crippen LogP) is 2.75. The Morgan fingerprint density at radius 3 is 2.64 bits per heavy atom. The van der Waals surface area contributed by atoms with Gasteiger partial charge in [-0.05, 0) is 43.5 Å². The number of nitrogens with one attached hydrogen (secondary N) is 2. The Labute approximate surface area is 135 Å². The number of ether oxygens (including phenoxy) is 1. The minimum Gasteiger partial charge on any atom is -0.484 e. The van der Waals surface area contributed by atoms with Crippen molar-refractivity contribution in [3.63, 3.8) is 0 Å². The molecule has 1 aromatic rings. The third-order valence-electron chi connectivity index (χ3n) is 3.80. The SMILES string of the molecule is Cc1cc(OCC(=O)NNC(=O)C2CCCCC2)ccc1Cl. The Kier molecular flexibility index (Phi) is 6.07. The maximum Gasteiger partial charge on any atom is 0.276 e. The van der Waals surface area contributed by atoms with E-state index in [2.05, 4.69) is 10.9 Å². The summed E-state index contributed by atoms with van der Waals surface area (Å²) in [4.78, 5) is 23.6. The number of carbonyl (C=O) groups is 2. The van der Waals surface area contributed by atoms with Gasteiger partial charge in [0.2, 0.25) is 5.91 Å². The molecule has 22 heavy (non-hydrogen) atoms. The minimum atomic E-state index is -0.392. The molecular formula is C16H21ClN2O3. The van der Waals surface area contributed by atoms with E-state index in [9.17, 15) is 9.59 Å². The Bertz CT molecular complexity index is 542. The summed E-state index contributed by atoms with van der Waals surface area (Å²) in [5, 5.41) is 0.650. The standard InChI is InChI=1S/C16H21ClN2O3/c1-11-9-13(7-8-14(11)17)22-10-15(20)18-19-16(21)12-5-3-2-4-6-12/h7-9,12H,2-6,10H2,1H3,(H,18,20)(H,19,21). The van der Waals surface area contributed by atoms with E-state index < -0.39 is 5.91 Å². The van der Waals surface area contributed by atoms with Crippen molar-refractivity contribution in [2.75, 3.05) is 6.61 Å². The molecule has 1 aromatic carbocycles. The molecule has 0 aliphatic heterocycles. The Morgan fingerprint density at radius 1 is 1.23 bits per heavy atom. The van der Waals surface area contributed by atoms with Gasteiger partial charge in [0.25, 0.3) is 5.91 Å². The summed E-state index contributed by atoms with van der Waals surface area (Å²) in [6, 6.07) is 5.18. The van der Waals surface area contributed by atoms with Gasteiger partial charge in [-0.2, -0.15) is 0 Å². The van der Waals surface area contributed by atoms with E-state index in [1.807, 2.05) is 6.92 Å². The van der Waals surface area contributed by atoms with Crippen LogP contribution < -0.4 is 15.6 Å². The van der Waals surface area contributed by atoms with Gasteiger partial charge in [-0.1, -0.05) is 30.9 Å². The molecule has 0 aromatic heterocycles. The second kappa shape index (κ2) is 8.03. The van der Waals surface area contributed by atoms with Crippen molar-refractivity contribution in [1.29, 1.82) is 0 Å². The number of aryl methyl sites for hydroxylation is 1. The van der Waals surface area contributed by atoms with Crippen LogP contribution in [-0.2, 0) is 9.59 Å². The molecule has 0 heterocycles. The average Bonchev–Trinajstić information content (AvgIpc) is 2.54. The number of hydrogen-bond acceptors (Lipinski definition) is 3. The lowest BCUT2D eigenvalue weighted by Gasteiger charge is -2.20. The maximum absolute atomic E-state index is 11.9. The first-order valence-corrected chi connectivity index (χ1v) is 7.91. The highest BCUT2D eigenvalue weighted by Gasteiger charge is 2.21. The molecule has 0 spiro atoms. The van der Waals surface area contributed by atoms with Crippen LogP contribution in [0, 0.1) is 12.8 Å². The zero-order valence-corrected chi connectivity index (χ0v) is 13.4. The third-order valence-corrected chi connectivity index (χ3v) is 4.22. The lowest BCUT2D eigenvalue weighted by Crippen LogP contribution is -2.46. The number of hydrogen-bond donors (Lipinski definition) is 2. The minimum absolute atomic E-state index is 0.00823. The summed E-state index contributed by atoms with van der Waals surface area (Å²) in [6.07, 6.45) is 5.12. The summed E-state index contributed by atoms with van der Waals surface area (Å²) < 4.78 is 5.36. The van der Waals surface area contributed by atoms with E-state index in [0.29, 0.717) is 10.8 Å². The molecule has 2 amide bonds. The maximum atomic E-state index is 11.9. The van der Waals surface area contributed by atoms with Crippen molar-refractivity contribution in [1.82, 2.24) is 10.9 Å². The first-order chi connectivity index (χ1) is 10.6. The van der Waals surface area contributed by atoms with E-state index in [-0.39, 0.29) is 18.4 Å². The number of carbonyl (C=O) groups excluding carboxylic acids is 2. The van der Waals surface area contributed by atoms with Gasteiger partial charge in [0, 0.05) is 10.9 Å². The van der Waals surface area contributed by atoms with E-state index in [4.69, 9.17) is 16.3 Å². The summed E-state index contributed by atoms with van der Waals surface area (Å²) in [5.74, 6) is 0.0664. The largest absolute Gasteiger partial charge is 0.484 e. The van der Waals surface area contributed by atoms with Gasteiger partial charge >= 0.3 is 0 Å². The predicted molar refractivity (Wildman–Crippen MR) is 84.5 cm³/mol. The zero-order chi connectivity index (χ0) is 15.9. The highest BCUT2D eigenvalue weighted by atomic mass is 35.5. The van der Waals surface area contributed by atoms with Crippen molar-refractivity contribution < 1.29 is 14.3 Å². The Hall–Kier alpha value is -1.75. The molecule has 0 unspecified atom stereocenters. The van der Waals surface area contributed by atoms with E-state index in [0.717, 1.165) is 31.2 Å². The zero-order valence-electron chi connectivity index (χ0n) is 12.7. The van der Waals surface area contributed by atoms with Crippen molar-refractivity contribution in [3.05, 3.63) is 28.8 Å². The Morgan fingerprint density at radius 2 is 1.95 bits per heavy atom. The average molecular weight is 325 g/mol. The van der Waals surface area contributed by atoms with E-state index in [1.54, 1.807) is 18.2 Å². The highest BCUT2D eigenvalue weighted by Crippen LogP contribution is 2.23. The molecule has 1 aliphatic rings. The van der Waals surface area contributed by atoms with Crippen molar-refractivity contribution in [2.24, 2.45) is 5.92 Å². The monoisotopic (exact) mass is 324 g/mol. The topological polar surface area (TPSA) is 67.4 Å². The quantitative estimate of drug-likeness (QED) is 0.837. The van der Waals surface area contributed by atoms with Gasteiger partial charge in [-0.25, -0.2) is 0 Å². The molecule has 1 aliphatic carbocycles. The molecule has 2 rings (SSSR count). The molecule has 6 heteroatoms. The lowest BCUT2D eigenvalue weighted by molar-refractivity contribution is -0.132. The smallest absolute Gasteiger partial charge is 0.276 e. The number of hydrazine groups is 1.